The van der Waals surface area contributed by atoms with E-state index in [0.717, 1.165) is 17.7 Å². The summed E-state index contributed by atoms with van der Waals surface area (Å²) >= 11 is 0. The van der Waals surface area contributed by atoms with Gasteiger partial charge in [-0.2, -0.15) is 0 Å². The van der Waals surface area contributed by atoms with Gasteiger partial charge in [0.05, 0.1) is 0 Å². The monoisotopic (exact) mass is 282 g/mol. The lowest BCUT2D eigenvalue weighted by Crippen LogP contribution is -2.20. The molecule has 1 unspecified atom stereocenters. The van der Waals surface area contributed by atoms with E-state index >= 15 is 0 Å². The third-order valence-corrected chi connectivity index (χ3v) is 3.65. The quantitative estimate of drug-likeness (QED) is 0.880. The Morgan fingerprint density at radius 2 is 1.90 bits per heavy atom. The van der Waals surface area contributed by atoms with Gasteiger partial charge in [-0.15, -0.1) is 0 Å². The Morgan fingerprint density at radius 3 is 2.57 bits per heavy atom. The predicted octanol–water partition coefficient (Wildman–Crippen LogP) is 3.59. The molecule has 2 rings (SSSR count). The SMILES string of the molecule is CCc1cc(NC(=O)CC(N)c2ccccc2)ccc1C. The van der Waals surface area contributed by atoms with E-state index in [9.17, 15) is 4.79 Å². The minimum absolute atomic E-state index is 0.0581. The summed E-state index contributed by atoms with van der Waals surface area (Å²) in [6.07, 6.45) is 1.23. The lowest BCUT2D eigenvalue weighted by Gasteiger charge is -2.13. The van der Waals surface area contributed by atoms with Crippen LogP contribution in [0.2, 0.25) is 0 Å². The molecule has 2 aromatic rings. The third-order valence-electron chi connectivity index (χ3n) is 3.65. The molecule has 2 aromatic carbocycles. The zero-order valence-electron chi connectivity index (χ0n) is 12.6. The molecule has 3 heteroatoms. The molecule has 0 spiro atoms. The average Bonchev–Trinajstić information content (AvgIpc) is 2.50. The number of rotatable bonds is 5. The van der Waals surface area contributed by atoms with Crippen molar-refractivity contribution in [3.05, 3.63) is 65.2 Å². The number of carbonyl (C=O) groups is 1. The molecular formula is C18H22N2O. The molecule has 1 atom stereocenters. The van der Waals surface area contributed by atoms with Crippen LogP contribution in [-0.4, -0.2) is 5.91 Å². The number of aryl methyl sites for hydroxylation is 2. The van der Waals surface area contributed by atoms with Gasteiger partial charge in [-0.25, -0.2) is 0 Å². The van der Waals surface area contributed by atoms with Crippen molar-refractivity contribution in [1.82, 2.24) is 0 Å². The molecule has 3 nitrogen and oxygen atoms in total. The van der Waals surface area contributed by atoms with Crippen molar-refractivity contribution in [2.45, 2.75) is 32.7 Å². The molecule has 3 N–H and O–H groups in total. The largest absolute Gasteiger partial charge is 0.326 e. The number of anilines is 1. The van der Waals surface area contributed by atoms with Gasteiger partial charge in [0, 0.05) is 18.2 Å². The van der Waals surface area contributed by atoms with Crippen LogP contribution >= 0.6 is 0 Å². The Morgan fingerprint density at radius 1 is 1.19 bits per heavy atom. The highest BCUT2D eigenvalue weighted by atomic mass is 16.1. The Bertz CT molecular complexity index is 608. The van der Waals surface area contributed by atoms with Gasteiger partial charge < -0.3 is 11.1 Å². The number of carbonyl (C=O) groups excluding carboxylic acids is 1. The molecule has 0 radical (unpaired) electrons. The van der Waals surface area contributed by atoms with Crippen LogP contribution in [0.15, 0.2) is 48.5 Å². The molecule has 110 valence electrons. The first-order chi connectivity index (χ1) is 10.1. The molecule has 0 aliphatic heterocycles. The van der Waals surface area contributed by atoms with Crippen molar-refractivity contribution in [2.24, 2.45) is 5.73 Å². The maximum Gasteiger partial charge on any atom is 0.226 e. The van der Waals surface area contributed by atoms with Gasteiger partial charge in [-0.3, -0.25) is 4.79 Å². The van der Waals surface area contributed by atoms with Crippen LogP contribution in [0.1, 0.15) is 36.1 Å². The summed E-state index contributed by atoms with van der Waals surface area (Å²) in [5.41, 5.74) is 10.4. The second-order valence-electron chi connectivity index (χ2n) is 5.26. The zero-order valence-corrected chi connectivity index (χ0v) is 12.6. The Kier molecular flexibility index (Phi) is 5.12. The molecule has 0 saturated carbocycles. The van der Waals surface area contributed by atoms with Gasteiger partial charge in [0.2, 0.25) is 5.91 Å². The average molecular weight is 282 g/mol. The van der Waals surface area contributed by atoms with E-state index < -0.39 is 0 Å². The van der Waals surface area contributed by atoms with Crippen LogP contribution in [0.25, 0.3) is 0 Å². The lowest BCUT2D eigenvalue weighted by molar-refractivity contribution is -0.116. The first kappa shape index (κ1) is 15.3. The number of nitrogens with two attached hydrogens (primary N) is 1. The molecule has 0 aromatic heterocycles. The van der Waals surface area contributed by atoms with E-state index in [-0.39, 0.29) is 18.4 Å². The lowest BCUT2D eigenvalue weighted by atomic mass is 10.0. The summed E-state index contributed by atoms with van der Waals surface area (Å²) in [5.74, 6) is -0.0581. The normalized spacial score (nSPS) is 12.0. The Balaban J connectivity index is 1.99. The van der Waals surface area contributed by atoms with Crippen molar-refractivity contribution < 1.29 is 4.79 Å². The van der Waals surface area contributed by atoms with Crippen molar-refractivity contribution in [1.29, 1.82) is 0 Å². The van der Waals surface area contributed by atoms with Crippen molar-refractivity contribution in [3.63, 3.8) is 0 Å². The molecular weight excluding hydrogens is 260 g/mol. The number of benzene rings is 2. The summed E-state index contributed by atoms with van der Waals surface area (Å²) < 4.78 is 0. The van der Waals surface area contributed by atoms with Crippen LogP contribution in [0.4, 0.5) is 5.69 Å². The molecule has 0 bridgehead atoms. The van der Waals surface area contributed by atoms with Crippen LogP contribution in [0.5, 0.6) is 0 Å². The van der Waals surface area contributed by atoms with Gasteiger partial charge >= 0.3 is 0 Å². The van der Waals surface area contributed by atoms with Crippen LogP contribution in [0.3, 0.4) is 0 Å². The van der Waals surface area contributed by atoms with Gasteiger partial charge in [0.15, 0.2) is 0 Å². The zero-order chi connectivity index (χ0) is 15.2. The molecule has 0 heterocycles. The highest BCUT2D eigenvalue weighted by Gasteiger charge is 2.11. The molecule has 0 aliphatic rings. The van der Waals surface area contributed by atoms with Gasteiger partial charge in [-0.05, 0) is 42.2 Å². The molecule has 0 aliphatic carbocycles. The fraction of sp³-hybridized carbons (Fsp3) is 0.278. The van der Waals surface area contributed by atoms with Crippen molar-refractivity contribution in [3.8, 4) is 0 Å². The summed E-state index contributed by atoms with van der Waals surface area (Å²) in [4.78, 5) is 12.1. The number of nitrogens with one attached hydrogen (secondary N) is 1. The Hall–Kier alpha value is -2.13. The first-order valence-electron chi connectivity index (χ1n) is 7.30. The summed E-state index contributed by atoms with van der Waals surface area (Å²) in [6, 6.07) is 15.4. The maximum absolute atomic E-state index is 12.1. The Labute approximate surface area is 126 Å². The first-order valence-corrected chi connectivity index (χ1v) is 7.30. The van der Waals surface area contributed by atoms with Gasteiger partial charge in [-0.1, -0.05) is 43.3 Å². The molecule has 0 fully saturated rings. The topological polar surface area (TPSA) is 55.1 Å². The molecule has 1 amide bonds. The summed E-state index contributed by atoms with van der Waals surface area (Å²) in [5, 5.41) is 2.93. The maximum atomic E-state index is 12.1. The minimum atomic E-state index is -0.276. The smallest absolute Gasteiger partial charge is 0.226 e. The molecule has 0 saturated heterocycles. The predicted molar refractivity (Wildman–Crippen MR) is 87.2 cm³/mol. The van der Waals surface area contributed by atoms with E-state index in [1.807, 2.05) is 48.5 Å². The van der Waals surface area contributed by atoms with Gasteiger partial charge in [0.1, 0.15) is 0 Å². The van der Waals surface area contributed by atoms with E-state index in [1.165, 1.54) is 11.1 Å². The number of hydrogen-bond donors (Lipinski definition) is 2. The standard InChI is InChI=1S/C18H22N2O/c1-3-14-11-16(10-9-13(14)2)20-18(21)12-17(19)15-7-5-4-6-8-15/h4-11,17H,3,12,19H2,1-2H3,(H,20,21). The summed E-state index contributed by atoms with van der Waals surface area (Å²) in [7, 11) is 0. The van der Waals surface area contributed by atoms with Crippen molar-refractivity contribution in [2.75, 3.05) is 5.32 Å². The van der Waals surface area contributed by atoms with Crippen LogP contribution < -0.4 is 11.1 Å². The third kappa shape index (κ3) is 4.17. The van der Waals surface area contributed by atoms with Gasteiger partial charge in [0.25, 0.3) is 0 Å². The van der Waals surface area contributed by atoms with E-state index in [0.29, 0.717) is 0 Å². The van der Waals surface area contributed by atoms with Crippen LogP contribution in [0, 0.1) is 6.92 Å². The van der Waals surface area contributed by atoms with Crippen LogP contribution in [-0.2, 0) is 11.2 Å². The van der Waals surface area contributed by atoms with E-state index in [1.54, 1.807) is 0 Å². The second kappa shape index (κ2) is 7.04. The van der Waals surface area contributed by atoms with E-state index in [2.05, 4.69) is 19.2 Å². The fourth-order valence-corrected chi connectivity index (χ4v) is 2.36. The molecule has 21 heavy (non-hydrogen) atoms. The van der Waals surface area contributed by atoms with Crippen molar-refractivity contribution >= 4 is 11.6 Å². The number of hydrogen-bond acceptors (Lipinski definition) is 2. The summed E-state index contributed by atoms with van der Waals surface area (Å²) in [6.45, 7) is 4.19. The fourth-order valence-electron chi connectivity index (χ4n) is 2.36. The minimum Gasteiger partial charge on any atom is -0.326 e. The highest BCUT2D eigenvalue weighted by Crippen LogP contribution is 2.18. The highest BCUT2D eigenvalue weighted by molar-refractivity contribution is 5.91. The second-order valence-corrected chi connectivity index (χ2v) is 5.26. The van der Waals surface area contributed by atoms with E-state index in [4.69, 9.17) is 5.73 Å². The number of amides is 1.